The first kappa shape index (κ1) is 21.1. The summed E-state index contributed by atoms with van der Waals surface area (Å²) in [7, 11) is 2.55. The molecule has 1 rings (SSSR count). The van der Waals surface area contributed by atoms with Gasteiger partial charge in [0.15, 0.2) is 0 Å². The molecule has 0 radical (unpaired) electrons. The quantitative estimate of drug-likeness (QED) is 0.420. The molecule has 3 atom stereocenters. The molecule has 1 aliphatic rings. The molecule has 0 aliphatic heterocycles. The predicted octanol–water partition coefficient (Wildman–Crippen LogP) is 2.95. The van der Waals surface area contributed by atoms with Crippen LogP contribution in [0.4, 0.5) is 0 Å². The summed E-state index contributed by atoms with van der Waals surface area (Å²) in [5.41, 5.74) is 0. The van der Waals surface area contributed by atoms with Crippen molar-refractivity contribution in [1.82, 2.24) is 5.32 Å². The van der Waals surface area contributed by atoms with E-state index in [1.807, 2.05) is 0 Å². The Hall–Kier alpha value is 0.0169. The van der Waals surface area contributed by atoms with Gasteiger partial charge in [-0.05, 0) is 44.6 Å². The SMILES string of the molecule is CCCCCCNC1CC(CC[Si](OC)(OC)OC)CCC1O. The lowest BCUT2D eigenvalue weighted by molar-refractivity contribution is 0.0662. The molecule has 23 heavy (non-hydrogen) atoms. The van der Waals surface area contributed by atoms with Gasteiger partial charge in [-0.3, -0.25) is 0 Å². The number of hydrogen-bond donors (Lipinski definition) is 2. The van der Waals surface area contributed by atoms with Crippen LogP contribution in [0.3, 0.4) is 0 Å². The molecule has 5 nitrogen and oxygen atoms in total. The van der Waals surface area contributed by atoms with E-state index in [4.69, 9.17) is 13.3 Å². The maximum atomic E-state index is 10.2. The zero-order valence-corrected chi connectivity index (χ0v) is 16.5. The topological polar surface area (TPSA) is 60.0 Å². The third-order valence-electron chi connectivity index (χ3n) is 5.15. The van der Waals surface area contributed by atoms with Crippen molar-refractivity contribution in [2.45, 2.75) is 76.5 Å². The molecule has 0 spiro atoms. The van der Waals surface area contributed by atoms with E-state index >= 15 is 0 Å². The van der Waals surface area contributed by atoms with E-state index < -0.39 is 8.80 Å². The largest absolute Gasteiger partial charge is 0.500 e. The first-order valence-corrected chi connectivity index (χ1v) is 11.1. The van der Waals surface area contributed by atoms with Gasteiger partial charge in [-0.2, -0.15) is 0 Å². The second-order valence-corrected chi connectivity index (χ2v) is 9.79. The van der Waals surface area contributed by atoms with Gasteiger partial charge in [0.05, 0.1) is 6.10 Å². The Kier molecular flexibility index (Phi) is 10.6. The molecule has 2 N–H and O–H groups in total. The van der Waals surface area contributed by atoms with Crippen LogP contribution in [0.2, 0.25) is 6.04 Å². The van der Waals surface area contributed by atoms with Crippen LogP contribution in [0.5, 0.6) is 0 Å². The maximum Gasteiger partial charge on any atom is 0.500 e. The standard InChI is InChI=1S/C17H37NO4Si/c1-5-6-7-8-12-18-16-14-15(9-10-17(16)19)11-13-23(20-2,21-3)22-4/h15-19H,5-14H2,1-4H3. The fourth-order valence-corrected chi connectivity index (χ4v) is 5.37. The summed E-state index contributed by atoms with van der Waals surface area (Å²) in [5, 5.41) is 13.8. The average molecular weight is 348 g/mol. The van der Waals surface area contributed by atoms with Gasteiger partial charge in [0.2, 0.25) is 0 Å². The van der Waals surface area contributed by atoms with E-state index in [0.29, 0.717) is 5.92 Å². The van der Waals surface area contributed by atoms with Crippen molar-refractivity contribution in [3.05, 3.63) is 0 Å². The summed E-state index contributed by atoms with van der Waals surface area (Å²) in [6.07, 6.45) is 8.89. The Balaban J connectivity index is 2.35. The van der Waals surface area contributed by atoms with E-state index in [1.165, 1.54) is 25.7 Å². The number of hydrogen-bond acceptors (Lipinski definition) is 5. The van der Waals surface area contributed by atoms with Crippen molar-refractivity contribution in [3.63, 3.8) is 0 Å². The molecule has 0 aromatic rings. The summed E-state index contributed by atoms with van der Waals surface area (Å²) >= 11 is 0. The van der Waals surface area contributed by atoms with Gasteiger partial charge >= 0.3 is 8.80 Å². The van der Waals surface area contributed by atoms with E-state index in [1.54, 1.807) is 21.3 Å². The van der Waals surface area contributed by atoms with E-state index in [-0.39, 0.29) is 12.1 Å². The lowest BCUT2D eigenvalue weighted by Gasteiger charge is -2.35. The predicted molar refractivity (Wildman–Crippen MR) is 95.5 cm³/mol. The first-order valence-electron chi connectivity index (χ1n) is 9.17. The third-order valence-corrected chi connectivity index (χ3v) is 7.92. The average Bonchev–Trinajstić information content (AvgIpc) is 2.58. The van der Waals surface area contributed by atoms with Gasteiger partial charge in [-0.25, -0.2) is 0 Å². The molecule has 0 heterocycles. The van der Waals surface area contributed by atoms with Gasteiger partial charge in [0.1, 0.15) is 0 Å². The molecule has 0 aromatic carbocycles. The van der Waals surface area contributed by atoms with Crippen molar-refractivity contribution in [1.29, 1.82) is 0 Å². The van der Waals surface area contributed by atoms with Crippen LogP contribution in [-0.2, 0) is 13.3 Å². The van der Waals surface area contributed by atoms with Crippen LogP contribution < -0.4 is 5.32 Å². The number of unbranched alkanes of at least 4 members (excludes halogenated alkanes) is 3. The number of rotatable bonds is 12. The number of aliphatic hydroxyl groups is 1. The minimum Gasteiger partial charge on any atom is -0.392 e. The monoisotopic (exact) mass is 347 g/mol. The van der Waals surface area contributed by atoms with Crippen LogP contribution in [-0.4, -0.2) is 53.9 Å². The normalized spacial score (nSPS) is 25.7. The lowest BCUT2D eigenvalue weighted by Crippen LogP contribution is -2.46. The summed E-state index contributed by atoms with van der Waals surface area (Å²) in [4.78, 5) is 0. The van der Waals surface area contributed by atoms with E-state index in [2.05, 4.69) is 12.2 Å². The van der Waals surface area contributed by atoms with Crippen molar-refractivity contribution in [3.8, 4) is 0 Å². The number of nitrogens with one attached hydrogen (secondary N) is 1. The zero-order chi connectivity index (χ0) is 17.1. The van der Waals surface area contributed by atoms with Gasteiger partial charge in [0.25, 0.3) is 0 Å². The smallest absolute Gasteiger partial charge is 0.392 e. The Labute approximate surface area is 143 Å². The molecule has 1 fully saturated rings. The summed E-state index contributed by atoms with van der Waals surface area (Å²) in [5.74, 6) is 0.610. The molecular formula is C17H37NO4Si. The second kappa shape index (κ2) is 11.6. The minimum absolute atomic E-state index is 0.202. The van der Waals surface area contributed by atoms with E-state index in [9.17, 15) is 5.11 Å². The Morgan fingerprint density at radius 1 is 1.04 bits per heavy atom. The highest BCUT2D eigenvalue weighted by atomic mass is 28.4. The van der Waals surface area contributed by atoms with Crippen molar-refractivity contribution in [2.75, 3.05) is 27.9 Å². The Morgan fingerprint density at radius 2 is 1.74 bits per heavy atom. The van der Waals surface area contributed by atoms with Crippen molar-refractivity contribution in [2.24, 2.45) is 5.92 Å². The molecule has 0 aromatic heterocycles. The van der Waals surface area contributed by atoms with Gasteiger partial charge in [-0.1, -0.05) is 26.2 Å². The van der Waals surface area contributed by atoms with E-state index in [0.717, 1.165) is 38.3 Å². The fourth-order valence-electron chi connectivity index (χ4n) is 3.50. The van der Waals surface area contributed by atoms with Crippen LogP contribution >= 0.6 is 0 Å². The van der Waals surface area contributed by atoms with Gasteiger partial charge in [0, 0.05) is 33.4 Å². The summed E-state index contributed by atoms with van der Waals surface area (Å²) < 4.78 is 16.5. The Morgan fingerprint density at radius 3 is 2.35 bits per heavy atom. The molecule has 3 unspecified atom stereocenters. The molecule has 6 heteroatoms. The molecular weight excluding hydrogens is 310 g/mol. The number of aliphatic hydroxyl groups excluding tert-OH is 1. The maximum absolute atomic E-state index is 10.2. The first-order chi connectivity index (χ1) is 11.1. The Bertz CT molecular complexity index is 294. The fraction of sp³-hybridized carbons (Fsp3) is 1.00. The highest BCUT2D eigenvalue weighted by Crippen LogP contribution is 2.31. The zero-order valence-electron chi connectivity index (χ0n) is 15.5. The summed E-state index contributed by atoms with van der Waals surface area (Å²) in [6, 6.07) is 1.08. The van der Waals surface area contributed by atoms with Crippen LogP contribution in [0.1, 0.15) is 58.3 Å². The summed E-state index contributed by atoms with van der Waals surface area (Å²) in [6.45, 7) is 3.24. The molecule has 1 aliphatic carbocycles. The van der Waals surface area contributed by atoms with Crippen LogP contribution in [0.25, 0.3) is 0 Å². The highest BCUT2D eigenvalue weighted by molar-refractivity contribution is 6.60. The van der Waals surface area contributed by atoms with Crippen LogP contribution in [0, 0.1) is 5.92 Å². The van der Waals surface area contributed by atoms with Gasteiger partial charge < -0.3 is 23.7 Å². The van der Waals surface area contributed by atoms with Crippen LogP contribution in [0.15, 0.2) is 0 Å². The molecule has 0 saturated heterocycles. The molecule has 138 valence electrons. The minimum atomic E-state index is -2.46. The van der Waals surface area contributed by atoms with Crippen molar-refractivity contribution >= 4 is 8.80 Å². The molecule has 0 amide bonds. The highest BCUT2D eigenvalue weighted by Gasteiger charge is 2.39. The molecule has 0 bridgehead atoms. The third kappa shape index (κ3) is 7.19. The van der Waals surface area contributed by atoms with Crippen molar-refractivity contribution < 1.29 is 18.4 Å². The lowest BCUT2D eigenvalue weighted by atomic mass is 9.82. The van der Waals surface area contributed by atoms with Gasteiger partial charge in [-0.15, -0.1) is 0 Å². The second-order valence-electron chi connectivity index (χ2n) is 6.70. The molecule has 1 saturated carbocycles.